The summed E-state index contributed by atoms with van der Waals surface area (Å²) in [6.45, 7) is 6.77. The summed E-state index contributed by atoms with van der Waals surface area (Å²) < 4.78 is 1.12. The molecule has 1 aliphatic rings. The highest BCUT2D eigenvalue weighted by atomic mass is 79.9. The molecular formula is C17H23BrN2S. The minimum atomic E-state index is 0.549. The van der Waals surface area contributed by atoms with E-state index in [0.29, 0.717) is 6.04 Å². The molecule has 1 fully saturated rings. The summed E-state index contributed by atoms with van der Waals surface area (Å²) in [4.78, 5) is 2.29. The monoisotopic (exact) mass is 366 g/mol. The Kier molecular flexibility index (Phi) is 6.24. The van der Waals surface area contributed by atoms with Gasteiger partial charge >= 0.3 is 0 Å². The standard InChI is InChI=1S/C17H23BrN2S/c1-3-11-20(15-7-5-4-6-8-15)17(21)19-14-9-10-16(18)13(2)12-14/h3,9-10,12,15H,1,4-8,11H2,2H3,(H,19,21). The van der Waals surface area contributed by atoms with Gasteiger partial charge in [-0.15, -0.1) is 6.58 Å². The van der Waals surface area contributed by atoms with Crippen LogP contribution in [0.5, 0.6) is 0 Å². The molecule has 1 aliphatic carbocycles. The van der Waals surface area contributed by atoms with Crippen molar-refractivity contribution >= 4 is 38.9 Å². The summed E-state index contributed by atoms with van der Waals surface area (Å²) in [5.74, 6) is 0. The van der Waals surface area contributed by atoms with Crippen molar-refractivity contribution in [1.82, 2.24) is 4.90 Å². The van der Waals surface area contributed by atoms with Crippen LogP contribution in [0.15, 0.2) is 35.3 Å². The van der Waals surface area contributed by atoms with E-state index in [1.54, 1.807) is 0 Å². The Morgan fingerprint density at radius 2 is 2.14 bits per heavy atom. The van der Waals surface area contributed by atoms with Crippen LogP contribution in [-0.4, -0.2) is 22.6 Å². The molecule has 1 saturated carbocycles. The maximum atomic E-state index is 5.64. The van der Waals surface area contributed by atoms with Gasteiger partial charge in [0.2, 0.25) is 0 Å². The first kappa shape index (κ1) is 16.5. The van der Waals surface area contributed by atoms with Crippen molar-refractivity contribution in [3.05, 3.63) is 40.9 Å². The van der Waals surface area contributed by atoms with Crippen LogP contribution in [0.3, 0.4) is 0 Å². The molecule has 0 aromatic heterocycles. The van der Waals surface area contributed by atoms with Gasteiger partial charge in [-0.1, -0.05) is 41.3 Å². The third kappa shape index (κ3) is 4.55. The van der Waals surface area contributed by atoms with Crippen LogP contribution in [0.1, 0.15) is 37.7 Å². The second-order valence-electron chi connectivity index (χ2n) is 5.63. The number of nitrogens with zero attached hydrogens (tertiary/aromatic N) is 1. The average molecular weight is 367 g/mol. The van der Waals surface area contributed by atoms with Gasteiger partial charge in [-0.05, 0) is 55.7 Å². The van der Waals surface area contributed by atoms with Crippen LogP contribution in [0, 0.1) is 6.92 Å². The Labute approximate surface area is 141 Å². The Balaban J connectivity index is 2.06. The molecule has 0 spiro atoms. The minimum absolute atomic E-state index is 0.549. The first-order valence-corrected chi connectivity index (χ1v) is 8.76. The van der Waals surface area contributed by atoms with Crippen molar-refractivity contribution < 1.29 is 0 Å². The molecule has 1 N–H and O–H groups in total. The van der Waals surface area contributed by atoms with E-state index in [-0.39, 0.29) is 0 Å². The Hall–Kier alpha value is -0.870. The van der Waals surface area contributed by atoms with Crippen LogP contribution in [-0.2, 0) is 0 Å². The largest absolute Gasteiger partial charge is 0.342 e. The van der Waals surface area contributed by atoms with Gasteiger partial charge in [0.25, 0.3) is 0 Å². The highest BCUT2D eigenvalue weighted by Gasteiger charge is 2.22. The van der Waals surface area contributed by atoms with Gasteiger partial charge in [-0.25, -0.2) is 0 Å². The number of hydrogen-bond donors (Lipinski definition) is 1. The van der Waals surface area contributed by atoms with Crippen molar-refractivity contribution in [1.29, 1.82) is 0 Å². The van der Waals surface area contributed by atoms with Crippen LogP contribution >= 0.6 is 28.1 Å². The number of nitrogens with one attached hydrogen (secondary N) is 1. The molecule has 0 atom stereocenters. The van der Waals surface area contributed by atoms with Gasteiger partial charge < -0.3 is 10.2 Å². The quantitative estimate of drug-likeness (QED) is 0.576. The number of rotatable bonds is 4. The molecule has 0 bridgehead atoms. The van der Waals surface area contributed by atoms with E-state index in [1.165, 1.54) is 37.7 Å². The summed E-state index contributed by atoms with van der Waals surface area (Å²) in [5, 5.41) is 4.19. The fraction of sp³-hybridized carbons (Fsp3) is 0.471. The molecule has 0 aliphatic heterocycles. The lowest BCUT2D eigenvalue weighted by molar-refractivity contribution is 0.263. The third-order valence-corrected chi connectivity index (χ3v) is 5.24. The van der Waals surface area contributed by atoms with Crippen molar-refractivity contribution in [3.63, 3.8) is 0 Å². The predicted molar refractivity (Wildman–Crippen MR) is 98.9 cm³/mol. The van der Waals surface area contributed by atoms with Gasteiger partial charge in [0.1, 0.15) is 0 Å². The van der Waals surface area contributed by atoms with Crippen LogP contribution < -0.4 is 5.32 Å². The van der Waals surface area contributed by atoms with E-state index < -0.39 is 0 Å². The Bertz CT molecular complexity index is 510. The fourth-order valence-electron chi connectivity index (χ4n) is 2.85. The van der Waals surface area contributed by atoms with Crippen LogP contribution in [0.2, 0.25) is 0 Å². The highest BCUT2D eigenvalue weighted by Crippen LogP contribution is 2.24. The van der Waals surface area contributed by atoms with E-state index in [9.17, 15) is 0 Å². The Morgan fingerprint density at radius 1 is 1.43 bits per heavy atom. The first-order valence-electron chi connectivity index (χ1n) is 7.56. The molecule has 0 unspecified atom stereocenters. The van der Waals surface area contributed by atoms with Crippen molar-refractivity contribution in [2.45, 2.75) is 45.1 Å². The molecule has 4 heteroatoms. The highest BCUT2D eigenvalue weighted by molar-refractivity contribution is 9.10. The number of halogens is 1. The molecule has 114 valence electrons. The molecule has 1 aromatic carbocycles. The zero-order chi connectivity index (χ0) is 15.2. The summed E-state index contributed by atoms with van der Waals surface area (Å²) in [7, 11) is 0. The zero-order valence-electron chi connectivity index (χ0n) is 12.6. The molecule has 0 amide bonds. The van der Waals surface area contributed by atoms with Gasteiger partial charge in [0, 0.05) is 22.7 Å². The summed E-state index contributed by atoms with van der Waals surface area (Å²) >= 11 is 9.16. The topological polar surface area (TPSA) is 15.3 Å². The minimum Gasteiger partial charge on any atom is -0.342 e. The van der Waals surface area contributed by atoms with Crippen molar-refractivity contribution in [3.8, 4) is 0 Å². The van der Waals surface area contributed by atoms with E-state index in [0.717, 1.165) is 21.8 Å². The predicted octanol–water partition coefficient (Wildman–Crippen LogP) is 5.28. The zero-order valence-corrected chi connectivity index (χ0v) is 15.0. The molecule has 2 nitrogen and oxygen atoms in total. The summed E-state index contributed by atoms with van der Waals surface area (Å²) in [6.07, 6.45) is 8.36. The number of aryl methyl sites for hydroxylation is 1. The number of hydrogen-bond acceptors (Lipinski definition) is 1. The van der Waals surface area contributed by atoms with E-state index in [2.05, 4.69) is 57.8 Å². The van der Waals surface area contributed by atoms with E-state index in [1.807, 2.05) is 6.08 Å². The average Bonchev–Trinajstić information content (AvgIpc) is 2.49. The van der Waals surface area contributed by atoms with Crippen LogP contribution in [0.25, 0.3) is 0 Å². The third-order valence-electron chi connectivity index (χ3n) is 4.01. The van der Waals surface area contributed by atoms with E-state index in [4.69, 9.17) is 12.2 Å². The van der Waals surface area contributed by atoms with Gasteiger partial charge in [-0.2, -0.15) is 0 Å². The summed E-state index contributed by atoms with van der Waals surface area (Å²) in [5.41, 5.74) is 2.25. The van der Waals surface area contributed by atoms with Gasteiger partial charge in [0.15, 0.2) is 5.11 Å². The maximum Gasteiger partial charge on any atom is 0.173 e. The van der Waals surface area contributed by atoms with Gasteiger partial charge in [-0.3, -0.25) is 0 Å². The molecule has 0 saturated heterocycles. The summed E-state index contributed by atoms with van der Waals surface area (Å²) in [6, 6.07) is 6.77. The molecule has 2 rings (SSSR count). The lowest BCUT2D eigenvalue weighted by Crippen LogP contribution is -2.43. The Morgan fingerprint density at radius 3 is 2.76 bits per heavy atom. The maximum absolute atomic E-state index is 5.64. The molecule has 0 radical (unpaired) electrons. The smallest absolute Gasteiger partial charge is 0.173 e. The van der Waals surface area contributed by atoms with Crippen molar-refractivity contribution in [2.75, 3.05) is 11.9 Å². The SMILES string of the molecule is C=CCN(C(=S)Nc1ccc(Br)c(C)c1)C1CCCCC1. The molecule has 0 heterocycles. The molecule has 1 aromatic rings. The lowest BCUT2D eigenvalue weighted by Gasteiger charge is -2.35. The number of anilines is 1. The molecule has 21 heavy (non-hydrogen) atoms. The molecular weight excluding hydrogens is 344 g/mol. The van der Waals surface area contributed by atoms with Gasteiger partial charge in [0.05, 0.1) is 0 Å². The van der Waals surface area contributed by atoms with Crippen LogP contribution in [0.4, 0.5) is 5.69 Å². The number of benzene rings is 1. The fourth-order valence-corrected chi connectivity index (χ4v) is 3.44. The van der Waals surface area contributed by atoms with E-state index >= 15 is 0 Å². The lowest BCUT2D eigenvalue weighted by atomic mass is 9.94. The normalized spacial score (nSPS) is 15.5. The second-order valence-corrected chi connectivity index (χ2v) is 6.87. The second kappa shape index (κ2) is 7.95. The van der Waals surface area contributed by atoms with Crippen molar-refractivity contribution in [2.24, 2.45) is 0 Å². The number of thiocarbonyl (C=S) groups is 1. The first-order chi connectivity index (χ1) is 10.1.